The average molecular weight is 404 g/mol. The highest BCUT2D eigenvalue weighted by Crippen LogP contribution is 2.27. The molecule has 29 heavy (non-hydrogen) atoms. The number of nitrogens with one attached hydrogen (secondary N) is 1. The second-order valence-electron chi connectivity index (χ2n) is 6.55. The third-order valence-electron chi connectivity index (χ3n) is 4.60. The minimum atomic E-state index is -0.370. The fourth-order valence-electron chi connectivity index (χ4n) is 2.97. The summed E-state index contributed by atoms with van der Waals surface area (Å²) in [6.45, 7) is 1.98. The average Bonchev–Trinajstić information content (AvgIpc) is 3.07. The second kappa shape index (κ2) is 7.85. The van der Waals surface area contributed by atoms with Gasteiger partial charge in [0.1, 0.15) is 16.7 Å². The number of benzene rings is 2. The van der Waals surface area contributed by atoms with Crippen LogP contribution in [0.1, 0.15) is 16.2 Å². The van der Waals surface area contributed by atoms with Crippen molar-refractivity contribution in [1.82, 2.24) is 19.5 Å². The standard InChI is InChI=1S/C22H18ClN5O/c1-14-13-24-21(28(14)2)16-10-6-7-11-17(16)26-22(29)18-12-19(23)27-20(25-18)15-8-4-3-5-9-15/h3-13H,1-2H3,(H,26,29). The van der Waals surface area contributed by atoms with Crippen LogP contribution in [0.15, 0.2) is 66.9 Å². The second-order valence-corrected chi connectivity index (χ2v) is 6.93. The smallest absolute Gasteiger partial charge is 0.274 e. The molecule has 0 aliphatic carbocycles. The van der Waals surface area contributed by atoms with E-state index in [2.05, 4.69) is 20.3 Å². The van der Waals surface area contributed by atoms with Gasteiger partial charge in [-0.2, -0.15) is 0 Å². The molecule has 0 aliphatic heterocycles. The highest BCUT2D eigenvalue weighted by atomic mass is 35.5. The summed E-state index contributed by atoms with van der Waals surface area (Å²) in [4.78, 5) is 26.0. The molecule has 144 valence electrons. The van der Waals surface area contributed by atoms with Crippen molar-refractivity contribution < 1.29 is 4.79 Å². The first-order valence-corrected chi connectivity index (χ1v) is 9.40. The van der Waals surface area contributed by atoms with Crippen LogP contribution in [0.25, 0.3) is 22.8 Å². The van der Waals surface area contributed by atoms with Crippen molar-refractivity contribution in [3.63, 3.8) is 0 Å². The minimum Gasteiger partial charge on any atom is -0.331 e. The fraction of sp³-hybridized carbons (Fsp3) is 0.0909. The molecule has 1 amide bonds. The Morgan fingerprint density at radius 3 is 2.48 bits per heavy atom. The Hall–Kier alpha value is -3.51. The first-order chi connectivity index (χ1) is 14.0. The normalized spacial score (nSPS) is 10.7. The number of amides is 1. The Labute approximate surface area is 173 Å². The van der Waals surface area contributed by atoms with Crippen molar-refractivity contribution in [3.8, 4) is 22.8 Å². The van der Waals surface area contributed by atoms with E-state index in [4.69, 9.17) is 11.6 Å². The van der Waals surface area contributed by atoms with Gasteiger partial charge in [-0.15, -0.1) is 0 Å². The number of carbonyl (C=O) groups excluding carboxylic acids is 1. The van der Waals surface area contributed by atoms with Gasteiger partial charge in [-0.1, -0.05) is 54.1 Å². The Morgan fingerprint density at radius 1 is 1.03 bits per heavy atom. The molecule has 2 aromatic carbocycles. The largest absolute Gasteiger partial charge is 0.331 e. The molecule has 6 nitrogen and oxygen atoms in total. The molecule has 0 fully saturated rings. The molecule has 0 aliphatic rings. The van der Waals surface area contributed by atoms with Gasteiger partial charge in [0, 0.05) is 36.1 Å². The summed E-state index contributed by atoms with van der Waals surface area (Å²) in [6, 6.07) is 18.4. The SMILES string of the molecule is Cc1cnc(-c2ccccc2NC(=O)c2cc(Cl)nc(-c3ccccc3)n2)n1C. The topological polar surface area (TPSA) is 72.7 Å². The molecule has 4 aromatic rings. The molecule has 2 heterocycles. The molecular formula is C22H18ClN5O. The quantitative estimate of drug-likeness (QED) is 0.499. The summed E-state index contributed by atoms with van der Waals surface area (Å²) in [5.41, 5.74) is 3.46. The van der Waals surface area contributed by atoms with Gasteiger partial charge in [-0.05, 0) is 19.1 Å². The molecular weight excluding hydrogens is 386 g/mol. The van der Waals surface area contributed by atoms with Gasteiger partial charge in [-0.3, -0.25) is 4.79 Å². The Morgan fingerprint density at radius 2 is 1.76 bits per heavy atom. The van der Waals surface area contributed by atoms with E-state index >= 15 is 0 Å². The maximum Gasteiger partial charge on any atom is 0.274 e. The molecule has 2 aromatic heterocycles. The lowest BCUT2D eigenvalue weighted by Gasteiger charge is -2.12. The molecule has 4 rings (SSSR count). The van der Waals surface area contributed by atoms with Crippen LogP contribution < -0.4 is 5.32 Å². The molecule has 7 heteroatoms. The summed E-state index contributed by atoms with van der Waals surface area (Å²) in [7, 11) is 1.94. The summed E-state index contributed by atoms with van der Waals surface area (Å²) >= 11 is 6.15. The first-order valence-electron chi connectivity index (χ1n) is 9.02. The number of aromatic nitrogens is 4. The van der Waals surface area contributed by atoms with Crippen LogP contribution in [-0.4, -0.2) is 25.4 Å². The van der Waals surface area contributed by atoms with E-state index in [1.807, 2.05) is 73.1 Å². The van der Waals surface area contributed by atoms with Crippen molar-refractivity contribution in [3.05, 3.63) is 83.4 Å². The first kappa shape index (κ1) is 18.8. The number of anilines is 1. The number of halogens is 1. The number of rotatable bonds is 4. The van der Waals surface area contributed by atoms with Crippen LogP contribution >= 0.6 is 11.6 Å². The van der Waals surface area contributed by atoms with E-state index in [0.717, 1.165) is 22.6 Å². The van der Waals surface area contributed by atoms with Crippen molar-refractivity contribution in [2.24, 2.45) is 7.05 Å². The molecule has 0 bridgehead atoms. The molecule has 0 saturated heterocycles. The molecule has 0 spiro atoms. The van der Waals surface area contributed by atoms with Crippen LogP contribution in [-0.2, 0) is 7.05 Å². The number of para-hydroxylation sites is 1. The molecule has 0 saturated carbocycles. The van der Waals surface area contributed by atoms with E-state index in [1.54, 1.807) is 6.20 Å². The van der Waals surface area contributed by atoms with Crippen LogP contribution in [0.4, 0.5) is 5.69 Å². The lowest BCUT2D eigenvalue weighted by atomic mass is 10.1. The zero-order chi connectivity index (χ0) is 20.4. The maximum absolute atomic E-state index is 12.9. The number of imidazole rings is 1. The highest BCUT2D eigenvalue weighted by molar-refractivity contribution is 6.30. The summed E-state index contributed by atoms with van der Waals surface area (Å²) in [5, 5.41) is 3.13. The van der Waals surface area contributed by atoms with Crippen LogP contribution in [0.5, 0.6) is 0 Å². The Kier molecular flexibility index (Phi) is 5.10. The molecule has 0 atom stereocenters. The van der Waals surface area contributed by atoms with Gasteiger partial charge in [-0.25, -0.2) is 15.0 Å². The van der Waals surface area contributed by atoms with Crippen molar-refractivity contribution in [1.29, 1.82) is 0 Å². The summed E-state index contributed by atoms with van der Waals surface area (Å²) in [5.74, 6) is 0.796. The predicted molar refractivity (Wildman–Crippen MR) is 114 cm³/mol. The van der Waals surface area contributed by atoms with E-state index in [0.29, 0.717) is 11.5 Å². The maximum atomic E-state index is 12.9. The van der Waals surface area contributed by atoms with Gasteiger partial charge >= 0.3 is 0 Å². The van der Waals surface area contributed by atoms with Gasteiger partial charge in [0.2, 0.25) is 0 Å². The minimum absolute atomic E-state index is 0.190. The highest BCUT2D eigenvalue weighted by Gasteiger charge is 2.16. The number of aryl methyl sites for hydroxylation is 1. The van der Waals surface area contributed by atoms with E-state index in [1.165, 1.54) is 6.07 Å². The number of nitrogens with zero attached hydrogens (tertiary/aromatic N) is 4. The zero-order valence-corrected chi connectivity index (χ0v) is 16.7. The fourth-order valence-corrected chi connectivity index (χ4v) is 3.15. The van der Waals surface area contributed by atoms with Crippen LogP contribution in [0.3, 0.4) is 0 Å². The third kappa shape index (κ3) is 3.88. The number of hydrogen-bond donors (Lipinski definition) is 1. The summed E-state index contributed by atoms with van der Waals surface area (Å²) in [6.07, 6.45) is 1.80. The zero-order valence-electron chi connectivity index (χ0n) is 15.9. The van der Waals surface area contributed by atoms with Crippen molar-refractivity contribution in [2.75, 3.05) is 5.32 Å². The summed E-state index contributed by atoms with van der Waals surface area (Å²) < 4.78 is 1.97. The van der Waals surface area contributed by atoms with Gasteiger partial charge in [0.05, 0.1) is 5.69 Å². The van der Waals surface area contributed by atoms with Crippen molar-refractivity contribution >= 4 is 23.2 Å². The number of hydrogen-bond acceptors (Lipinski definition) is 4. The molecule has 1 N–H and O–H groups in total. The van der Waals surface area contributed by atoms with Gasteiger partial charge in [0.25, 0.3) is 5.91 Å². The van der Waals surface area contributed by atoms with Gasteiger partial charge in [0.15, 0.2) is 5.82 Å². The van der Waals surface area contributed by atoms with Crippen LogP contribution in [0.2, 0.25) is 5.15 Å². The van der Waals surface area contributed by atoms with Crippen LogP contribution in [0, 0.1) is 6.92 Å². The monoisotopic (exact) mass is 403 g/mol. The van der Waals surface area contributed by atoms with Gasteiger partial charge < -0.3 is 9.88 Å². The molecule has 0 radical (unpaired) electrons. The molecule has 0 unspecified atom stereocenters. The lowest BCUT2D eigenvalue weighted by Crippen LogP contribution is -2.15. The van der Waals surface area contributed by atoms with E-state index in [9.17, 15) is 4.79 Å². The number of carbonyl (C=O) groups is 1. The predicted octanol–water partition coefficient (Wildman–Crippen LogP) is 4.76. The van der Waals surface area contributed by atoms with Crippen molar-refractivity contribution in [2.45, 2.75) is 6.92 Å². The third-order valence-corrected chi connectivity index (χ3v) is 4.79. The lowest BCUT2D eigenvalue weighted by molar-refractivity contribution is 0.102. The van der Waals surface area contributed by atoms with E-state index in [-0.39, 0.29) is 16.8 Å². The van der Waals surface area contributed by atoms with E-state index < -0.39 is 0 Å². The Bertz CT molecular complexity index is 1190. The Balaban J connectivity index is 1.68.